The van der Waals surface area contributed by atoms with Gasteiger partial charge in [-0.2, -0.15) is 0 Å². The van der Waals surface area contributed by atoms with Crippen LogP contribution >= 0.6 is 0 Å². The van der Waals surface area contributed by atoms with Crippen LogP contribution in [0, 0.1) is 12.8 Å². The molecular formula is C10H12N2O2S. The SMILES string of the molecule is Cc1ccc2c(n1)S(=O)CC(C)C(=O)N2. The molecule has 1 aromatic rings. The molecule has 1 amide bonds. The molecule has 0 fully saturated rings. The minimum atomic E-state index is -1.19. The fraction of sp³-hybridized carbons (Fsp3) is 0.400. The van der Waals surface area contributed by atoms with Gasteiger partial charge >= 0.3 is 0 Å². The number of pyridine rings is 1. The lowest BCUT2D eigenvalue weighted by atomic mass is 10.2. The number of carbonyl (C=O) groups excluding carboxylic acids is 1. The van der Waals surface area contributed by atoms with Gasteiger partial charge in [0.2, 0.25) is 5.91 Å². The second-order valence-corrected chi connectivity index (χ2v) is 5.12. The summed E-state index contributed by atoms with van der Waals surface area (Å²) in [5.74, 6) is 0.0167. The standard InChI is InChI=1S/C10H12N2O2S/c1-6-5-15(14)10-8(12-9(6)13)4-3-7(2)11-10/h3-4,6H,5H2,1-2H3,(H,12,13). The molecule has 2 heterocycles. The molecule has 0 aliphatic carbocycles. The maximum Gasteiger partial charge on any atom is 0.228 e. The van der Waals surface area contributed by atoms with Crippen LogP contribution in [-0.2, 0) is 15.6 Å². The molecule has 1 aromatic heterocycles. The number of aryl methyl sites for hydroxylation is 1. The number of hydrogen-bond donors (Lipinski definition) is 1. The van der Waals surface area contributed by atoms with Crippen molar-refractivity contribution in [3.63, 3.8) is 0 Å². The number of carbonyl (C=O) groups is 1. The molecule has 1 aliphatic heterocycles. The molecule has 1 N–H and O–H groups in total. The molecular weight excluding hydrogens is 212 g/mol. The van der Waals surface area contributed by atoms with Crippen LogP contribution in [0.2, 0.25) is 0 Å². The van der Waals surface area contributed by atoms with Gasteiger partial charge in [0, 0.05) is 17.4 Å². The number of hydrogen-bond acceptors (Lipinski definition) is 3. The lowest BCUT2D eigenvalue weighted by Crippen LogP contribution is -2.21. The van der Waals surface area contributed by atoms with Crippen molar-refractivity contribution in [2.24, 2.45) is 5.92 Å². The Kier molecular flexibility index (Phi) is 2.56. The van der Waals surface area contributed by atoms with E-state index < -0.39 is 10.8 Å². The fourth-order valence-electron chi connectivity index (χ4n) is 1.44. The smallest absolute Gasteiger partial charge is 0.228 e. The van der Waals surface area contributed by atoms with Crippen molar-refractivity contribution in [1.82, 2.24) is 4.98 Å². The van der Waals surface area contributed by atoms with Crippen LogP contribution in [0.3, 0.4) is 0 Å². The van der Waals surface area contributed by atoms with Crippen molar-refractivity contribution in [2.75, 3.05) is 11.1 Å². The molecule has 0 aromatic carbocycles. The van der Waals surface area contributed by atoms with Gasteiger partial charge in [-0.05, 0) is 19.1 Å². The molecule has 0 bridgehead atoms. The highest BCUT2D eigenvalue weighted by atomic mass is 32.2. The number of amides is 1. The molecule has 0 spiro atoms. The van der Waals surface area contributed by atoms with E-state index in [1.165, 1.54) is 0 Å². The van der Waals surface area contributed by atoms with Gasteiger partial charge in [-0.3, -0.25) is 9.00 Å². The first kappa shape index (κ1) is 10.3. The highest BCUT2D eigenvalue weighted by Crippen LogP contribution is 2.23. The van der Waals surface area contributed by atoms with Crippen LogP contribution in [-0.4, -0.2) is 20.9 Å². The van der Waals surface area contributed by atoms with Gasteiger partial charge in [0.25, 0.3) is 0 Å². The number of aromatic nitrogens is 1. The van der Waals surface area contributed by atoms with Gasteiger partial charge in [-0.1, -0.05) is 6.92 Å². The highest BCUT2D eigenvalue weighted by Gasteiger charge is 2.25. The first-order valence-corrected chi connectivity index (χ1v) is 6.06. The first-order chi connectivity index (χ1) is 7.08. The lowest BCUT2D eigenvalue weighted by molar-refractivity contribution is -0.118. The second kappa shape index (κ2) is 3.73. The van der Waals surface area contributed by atoms with E-state index in [1.807, 2.05) is 6.92 Å². The summed E-state index contributed by atoms with van der Waals surface area (Å²) in [6.07, 6.45) is 0. The van der Waals surface area contributed by atoms with E-state index in [0.717, 1.165) is 5.69 Å². The highest BCUT2D eigenvalue weighted by molar-refractivity contribution is 7.85. The number of fused-ring (bicyclic) bond motifs is 1. The summed E-state index contributed by atoms with van der Waals surface area (Å²) in [6.45, 7) is 3.61. The first-order valence-electron chi connectivity index (χ1n) is 4.75. The third-order valence-corrected chi connectivity index (χ3v) is 3.87. The maximum absolute atomic E-state index is 11.9. The van der Waals surface area contributed by atoms with E-state index in [0.29, 0.717) is 16.5 Å². The van der Waals surface area contributed by atoms with Crippen molar-refractivity contribution in [1.29, 1.82) is 0 Å². The summed E-state index contributed by atoms with van der Waals surface area (Å²) in [6, 6.07) is 3.55. The molecule has 80 valence electrons. The summed E-state index contributed by atoms with van der Waals surface area (Å²) < 4.78 is 11.9. The Labute approximate surface area is 90.6 Å². The van der Waals surface area contributed by atoms with E-state index in [1.54, 1.807) is 19.1 Å². The van der Waals surface area contributed by atoms with Gasteiger partial charge in [0.1, 0.15) is 0 Å². The van der Waals surface area contributed by atoms with E-state index >= 15 is 0 Å². The van der Waals surface area contributed by atoms with Gasteiger partial charge in [-0.15, -0.1) is 0 Å². The zero-order valence-corrected chi connectivity index (χ0v) is 9.43. The molecule has 0 saturated carbocycles. The molecule has 15 heavy (non-hydrogen) atoms. The van der Waals surface area contributed by atoms with Crippen molar-refractivity contribution >= 4 is 22.4 Å². The molecule has 4 nitrogen and oxygen atoms in total. The average Bonchev–Trinajstić information content (AvgIpc) is 2.28. The van der Waals surface area contributed by atoms with Crippen LogP contribution in [0.1, 0.15) is 12.6 Å². The van der Waals surface area contributed by atoms with Crippen molar-refractivity contribution in [2.45, 2.75) is 18.9 Å². The zero-order chi connectivity index (χ0) is 11.0. The molecule has 5 heteroatoms. The van der Waals surface area contributed by atoms with Crippen LogP contribution in [0.25, 0.3) is 0 Å². The number of anilines is 1. The predicted molar refractivity (Wildman–Crippen MR) is 58.0 cm³/mol. The summed E-state index contributed by atoms with van der Waals surface area (Å²) >= 11 is 0. The minimum Gasteiger partial charge on any atom is -0.323 e. The Balaban J connectivity index is 2.51. The van der Waals surface area contributed by atoms with Gasteiger partial charge in [0.15, 0.2) is 5.03 Å². The lowest BCUT2D eigenvalue weighted by Gasteiger charge is -2.05. The van der Waals surface area contributed by atoms with Crippen LogP contribution < -0.4 is 5.32 Å². The van der Waals surface area contributed by atoms with Crippen LogP contribution in [0.4, 0.5) is 5.69 Å². The molecule has 2 rings (SSSR count). The fourth-order valence-corrected chi connectivity index (χ4v) is 2.81. The van der Waals surface area contributed by atoms with E-state index in [2.05, 4.69) is 10.3 Å². The Morgan fingerprint density at radius 3 is 3.00 bits per heavy atom. The Bertz CT molecular complexity index is 445. The van der Waals surface area contributed by atoms with Gasteiger partial charge in [0.05, 0.1) is 16.5 Å². The largest absolute Gasteiger partial charge is 0.323 e. The number of rotatable bonds is 0. The van der Waals surface area contributed by atoms with Crippen molar-refractivity contribution in [3.05, 3.63) is 17.8 Å². The molecule has 1 aliphatic rings. The van der Waals surface area contributed by atoms with Gasteiger partial charge in [-0.25, -0.2) is 4.98 Å². The van der Waals surface area contributed by atoms with Gasteiger partial charge < -0.3 is 5.32 Å². The van der Waals surface area contributed by atoms with Crippen molar-refractivity contribution in [3.8, 4) is 0 Å². The summed E-state index contributed by atoms with van der Waals surface area (Å²) in [7, 11) is -1.19. The van der Waals surface area contributed by atoms with Crippen molar-refractivity contribution < 1.29 is 9.00 Å². The summed E-state index contributed by atoms with van der Waals surface area (Å²) in [4.78, 5) is 15.7. The van der Waals surface area contributed by atoms with E-state index in [9.17, 15) is 9.00 Å². The Morgan fingerprint density at radius 2 is 2.27 bits per heavy atom. The molecule has 2 unspecified atom stereocenters. The third kappa shape index (κ3) is 1.92. The minimum absolute atomic E-state index is 0.0900. The van der Waals surface area contributed by atoms with E-state index in [4.69, 9.17) is 0 Å². The normalized spacial score (nSPS) is 25.3. The molecule has 2 atom stereocenters. The van der Waals surface area contributed by atoms with Crippen LogP contribution in [0.5, 0.6) is 0 Å². The topological polar surface area (TPSA) is 59.1 Å². The quantitative estimate of drug-likeness (QED) is 0.717. The molecule has 0 saturated heterocycles. The maximum atomic E-state index is 11.9. The average molecular weight is 224 g/mol. The monoisotopic (exact) mass is 224 g/mol. The number of nitrogens with one attached hydrogen (secondary N) is 1. The van der Waals surface area contributed by atoms with E-state index in [-0.39, 0.29) is 11.8 Å². The summed E-state index contributed by atoms with van der Waals surface area (Å²) in [5, 5.41) is 3.23. The second-order valence-electron chi connectivity index (χ2n) is 3.71. The molecule has 0 radical (unpaired) electrons. The Hall–Kier alpha value is -1.23. The zero-order valence-electron chi connectivity index (χ0n) is 8.61. The summed E-state index contributed by atoms with van der Waals surface area (Å²) in [5.41, 5.74) is 1.39. The Morgan fingerprint density at radius 1 is 1.53 bits per heavy atom. The predicted octanol–water partition coefficient (Wildman–Crippen LogP) is 1.09. The number of nitrogens with zero attached hydrogens (tertiary/aromatic N) is 1. The van der Waals surface area contributed by atoms with Crippen LogP contribution in [0.15, 0.2) is 17.2 Å². The third-order valence-electron chi connectivity index (χ3n) is 2.32.